The van der Waals surface area contributed by atoms with Crippen LogP contribution in [-0.4, -0.2) is 65.5 Å². The molecule has 5 rings (SSSR count). The van der Waals surface area contributed by atoms with Crippen molar-refractivity contribution in [2.45, 2.75) is 56.4 Å². The van der Waals surface area contributed by atoms with Gasteiger partial charge in [-0.3, -0.25) is 14.2 Å². The lowest BCUT2D eigenvalue weighted by atomic mass is 9.84. The first kappa shape index (κ1) is 23.4. The Labute approximate surface area is 197 Å². The number of fused-ring (bicyclic) bond motifs is 1. The average Bonchev–Trinajstić information content (AvgIpc) is 3.48. The minimum atomic E-state index is -1.31. The Morgan fingerprint density at radius 3 is 2.47 bits per heavy atom. The fourth-order valence-electron chi connectivity index (χ4n) is 5.39. The molecule has 2 atom stereocenters. The van der Waals surface area contributed by atoms with Gasteiger partial charge in [-0.2, -0.15) is 0 Å². The van der Waals surface area contributed by atoms with Crippen LogP contribution in [0.25, 0.3) is 0 Å². The predicted molar refractivity (Wildman–Crippen MR) is 124 cm³/mol. The fraction of sp³-hybridized carbons (Fsp3) is 0.538. The minimum Gasteiger partial charge on any atom is -0.508 e. The summed E-state index contributed by atoms with van der Waals surface area (Å²) in [7, 11) is 0. The first-order valence-electron chi connectivity index (χ1n) is 12.1. The van der Waals surface area contributed by atoms with Gasteiger partial charge in [0.2, 0.25) is 0 Å². The van der Waals surface area contributed by atoms with Crippen molar-refractivity contribution in [3.63, 3.8) is 0 Å². The van der Waals surface area contributed by atoms with E-state index in [0.717, 1.165) is 5.56 Å². The van der Waals surface area contributed by atoms with Gasteiger partial charge in [-0.1, -0.05) is 6.07 Å². The van der Waals surface area contributed by atoms with E-state index in [-0.39, 0.29) is 36.6 Å². The van der Waals surface area contributed by atoms with E-state index in [9.17, 15) is 13.9 Å². The number of rotatable bonds is 8. The van der Waals surface area contributed by atoms with E-state index in [0.29, 0.717) is 56.6 Å². The number of phenolic OH excluding ortho intramolecular Hbond substituents is 1. The lowest BCUT2D eigenvalue weighted by molar-refractivity contribution is 0.0947. The maximum absolute atomic E-state index is 15.5. The Morgan fingerprint density at radius 2 is 1.82 bits per heavy atom. The third-order valence-corrected chi connectivity index (χ3v) is 7.38. The molecule has 8 heteroatoms. The number of alkyl halides is 2. The maximum Gasteiger partial charge on any atom is 0.133 e. The van der Waals surface area contributed by atoms with Crippen molar-refractivity contribution in [1.82, 2.24) is 9.80 Å². The van der Waals surface area contributed by atoms with Crippen LogP contribution >= 0.6 is 0 Å². The zero-order valence-corrected chi connectivity index (χ0v) is 19.3. The summed E-state index contributed by atoms with van der Waals surface area (Å²) < 4.78 is 58.2. The lowest BCUT2D eigenvalue weighted by Gasteiger charge is -2.43. The van der Waals surface area contributed by atoms with Gasteiger partial charge in [-0.05, 0) is 68.0 Å². The summed E-state index contributed by atoms with van der Waals surface area (Å²) in [6.07, 6.45) is 1.98. The topological polar surface area (TPSA) is 38.7 Å². The summed E-state index contributed by atoms with van der Waals surface area (Å²) >= 11 is 0. The Kier molecular flexibility index (Phi) is 6.23. The zero-order valence-electron chi connectivity index (χ0n) is 19.3. The van der Waals surface area contributed by atoms with E-state index < -0.39 is 23.3 Å². The molecule has 184 valence electrons. The van der Waals surface area contributed by atoms with Gasteiger partial charge >= 0.3 is 0 Å². The number of aromatic hydroxyl groups is 1. The summed E-state index contributed by atoms with van der Waals surface area (Å²) in [5.74, 6) is -1.25. The molecule has 2 fully saturated rings. The van der Waals surface area contributed by atoms with Gasteiger partial charge in [0.05, 0.1) is 18.8 Å². The number of halogens is 4. The van der Waals surface area contributed by atoms with Gasteiger partial charge in [0.15, 0.2) is 0 Å². The molecule has 1 aliphatic carbocycles. The predicted octanol–water partition coefficient (Wildman–Crippen LogP) is 4.96. The SMILES string of the molecule is C[C@@H]1Cc2cc(O)ccc2[C@@H](c2c(F)cc(NC3CN(CCCF)C3)cc2F)N1CC1(F)CC1. The normalized spacial score (nSPS) is 24.5. The summed E-state index contributed by atoms with van der Waals surface area (Å²) in [6, 6.07) is 6.59. The zero-order chi connectivity index (χ0) is 24.0. The highest BCUT2D eigenvalue weighted by Gasteiger charge is 2.48. The maximum atomic E-state index is 15.5. The van der Waals surface area contributed by atoms with Crippen LogP contribution in [0.5, 0.6) is 5.75 Å². The van der Waals surface area contributed by atoms with Crippen LogP contribution in [-0.2, 0) is 6.42 Å². The summed E-state index contributed by atoms with van der Waals surface area (Å²) in [6.45, 7) is 3.78. The van der Waals surface area contributed by atoms with E-state index >= 15 is 8.78 Å². The molecule has 0 unspecified atom stereocenters. The molecular weight excluding hydrogens is 446 g/mol. The van der Waals surface area contributed by atoms with Crippen LogP contribution in [0.15, 0.2) is 30.3 Å². The van der Waals surface area contributed by atoms with E-state index in [1.807, 2.05) is 11.8 Å². The van der Waals surface area contributed by atoms with Crippen molar-refractivity contribution < 1.29 is 22.7 Å². The summed E-state index contributed by atoms with van der Waals surface area (Å²) in [5.41, 5.74) is 0.474. The number of benzene rings is 2. The van der Waals surface area contributed by atoms with Gasteiger partial charge < -0.3 is 10.4 Å². The second-order valence-corrected chi connectivity index (χ2v) is 10.2. The molecular formula is C26H31F4N3O. The standard InChI is InChI=1S/C26H31F4N3O/c1-16-9-17-10-20(34)3-4-21(17)25(33(16)15-26(30)5-6-26)24-22(28)11-18(12-23(24)29)31-19-13-32(14-19)8-2-7-27/h3-4,10-12,16,19,25,31,34H,2,5-9,13-15H2,1H3/t16-,25+/m1/s1. The Balaban J connectivity index is 1.43. The van der Waals surface area contributed by atoms with Gasteiger partial charge in [-0.15, -0.1) is 0 Å². The van der Waals surface area contributed by atoms with Crippen molar-refractivity contribution >= 4 is 5.69 Å². The van der Waals surface area contributed by atoms with Crippen molar-refractivity contribution in [2.24, 2.45) is 0 Å². The number of anilines is 1. The van der Waals surface area contributed by atoms with Gasteiger partial charge in [0.25, 0.3) is 0 Å². The summed E-state index contributed by atoms with van der Waals surface area (Å²) in [5, 5.41) is 13.1. The highest BCUT2D eigenvalue weighted by atomic mass is 19.1. The van der Waals surface area contributed by atoms with Crippen LogP contribution in [0.3, 0.4) is 0 Å². The van der Waals surface area contributed by atoms with E-state index in [1.165, 1.54) is 18.2 Å². The van der Waals surface area contributed by atoms with Crippen molar-refractivity contribution in [1.29, 1.82) is 0 Å². The quantitative estimate of drug-likeness (QED) is 0.527. The molecule has 2 aliphatic heterocycles. The first-order chi connectivity index (χ1) is 16.3. The smallest absolute Gasteiger partial charge is 0.133 e. The van der Waals surface area contributed by atoms with Crippen LogP contribution in [0, 0.1) is 11.6 Å². The van der Waals surface area contributed by atoms with Gasteiger partial charge in [-0.25, -0.2) is 13.2 Å². The number of nitrogens with one attached hydrogen (secondary N) is 1. The molecule has 1 saturated heterocycles. The third-order valence-electron chi connectivity index (χ3n) is 7.38. The molecule has 1 saturated carbocycles. The molecule has 4 nitrogen and oxygen atoms in total. The number of phenols is 1. The largest absolute Gasteiger partial charge is 0.508 e. The Hall–Kier alpha value is -2.32. The summed E-state index contributed by atoms with van der Waals surface area (Å²) in [4.78, 5) is 3.96. The number of likely N-dealkylation sites (tertiary alicyclic amines) is 1. The highest BCUT2D eigenvalue weighted by molar-refractivity contribution is 5.51. The van der Waals surface area contributed by atoms with Crippen molar-refractivity contribution in [3.8, 4) is 5.75 Å². The second-order valence-electron chi connectivity index (χ2n) is 10.2. The fourth-order valence-corrected chi connectivity index (χ4v) is 5.39. The van der Waals surface area contributed by atoms with E-state index in [1.54, 1.807) is 12.1 Å². The van der Waals surface area contributed by atoms with Crippen LogP contribution < -0.4 is 5.32 Å². The minimum absolute atomic E-state index is 0.0560. The average molecular weight is 478 g/mol. The number of nitrogens with zero attached hydrogens (tertiary/aromatic N) is 2. The lowest BCUT2D eigenvalue weighted by Crippen LogP contribution is -2.54. The molecule has 2 aromatic carbocycles. The molecule has 2 N–H and O–H groups in total. The van der Waals surface area contributed by atoms with Crippen LogP contribution in [0.4, 0.5) is 23.2 Å². The molecule has 34 heavy (non-hydrogen) atoms. The van der Waals surface area contributed by atoms with Crippen LogP contribution in [0.1, 0.15) is 48.9 Å². The third kappa shape index (κ3) is 4.62. The Bertz CT molecular complexity index is 1030. The molecule has 2 aromatic rings. The molecule has 0 spiro atoms. The van der Waals surface area contributed by atoms with Crippen molar-refractivity contribution in [3.05, 3.63) is 58.7 Å². The van der Waals surface area contributed by atoms with Gasteiger partial charge in [0.1, 0.15) is 23.1 Å². The van der Waals surface area contributed by atoms with E-state index in [4.69, 9.17) is 0 Å². The first-order valence-corrected chi connectivity index (χ1v) is 12.1. The van der Waals surface area contributed by atoms with Gasteiger partial charge in [0, 0.05) is 43.5 Å². The highest BCUT2D eigenvalue weighted by Crippen LogP contribution is 2.47. The molecule has 0 aromatic heterocycles. The molecule has 2 heterocycles. The molecule has 0 radical (unpaired) electrons. The molecule has 0 bridgehead atoms. The monoisotopic (exact) mass is 477 g/mol. The van der Waals surface area contributed by atoms with Crippen LogP contribution in [0.2, 0.25) is 0 Å². The number of hydrogen-bond acceptors (Lipinski definition) is 4. The number of hydrogen-bond donors (Lipinski definition) is 2. The molecule has 3 aliphatic rings. The Morgan fingerprint density at radius 1 is 1.12 bits per heavy atom. The second kappa shape index (κ2) is 9.04. The molecule has 0 amide bonds. The van der Waals surface area contributed by atoms with Crippen molar-refractivity contribution in [2.75, 3.05) is 38.2 Å². The van der Waals surface area contributed by atoms with E-state index in [2.05, 4.69) is 10.2 Å².